The van der Waals surface area contributed by atoms with Crippen LogP contribution in [0.25, 0.3) is 0 Å². The fraction of sp³-hybridized carbons (Fsp3) is 0.448. The molecule has 0 aliphatic carbocycles. The summed E-state index contributed by atoms with van der Waals surface area (Å²) in [7, 11) is -0.573. The maximum absolute atomic E-state index is 13.7. The molecule has 9 aromatic rings. The van der Waals surface area contributed by atoms with Gasteiger partial charge in [-0.2, -0.15) is 8.42 Å². The summed E-state index contributed by atoms with van der Waals surface area (Å²) in [6.07, 6.45) is -19.5. The zero-order valence-corrected chi connectivity index (χ0v) is 86.9. The Labute approximate surface area is 840 Å². The van der Waals surface area contributed by atoms with E-state index in [-0.39, 0.29) is 97.8 Å². The molecule has 0 saturated carbocycles. The van der Waals surface area contributed by atoms with Crippen molar-refractivity contribution in [3.05, 3.63) is 295 Å². The van der Waals surface area contributed by atoms with Crippen LogP contribution in [0.1, 0.15) is 83.2 Å². The van der Waals surface area contributed by atoms with Crippen LogP contribution in [0.2, 0.25) is 10.1 Å². The molecule has 0 aromatic heterocycles. The van der Waals surface area contributed by atoms with Crippen LogP contribution in [0.5, 0.6) is 11.5 Å². The first-order valence-electron chi connectivity index (χ1n) is 45.7. The molecule has 8 unspecified atom stereocenters. The number of fused-ring (bicyclic) bond motifs is 3. The monoisotopic (exact) mass is 1980 g/mol. The number of carbonyl (C=O) groups excluding carboxylic acids is 2. The van der Waals surface area contributed by atoms with Crippen LogP contribution in [0.15, 0.2) is 272 Å². The van der Waals surface area contributed by atoms with E-state index in [4.69, 9.17) is 108 Å². The van der Waals surface area contributed by atoms with Gasteiger partial charge >= 0.3 is 41.5 Å². The number of hydrogen-bond donors (Lipinski definition) is 3. The molecule has 6 aliphatic heterocycles. The molecule has 20 atom stereocenters. The normalized spacial score (nSPS) is 26.3. The predicted octanol–water partition coefficient (Wildman–Crippen LogP) is 8.17. The molecule has 15 rings (SSSR count). The number of ether oxygens (including phenoxy) is 19. The van der Waals surface area contributed by atoms with Crippen molar-refractivity contribution in [2.45, 2.75) is 226 Å². The molecule has 4 N–H and O–H groups in total. The molecule has 2 bridgehead atoms. The molecule has 6 saturated heterocycles. The standard InChI is InChI=1S/C56H68O15SSi.C47H58O13Si.C2H6O.Na.H2O/c1-10-56(37-66-72(59,60)43-32-26-38(2)27-33-43)52(58)49(62-8)51(68-39(3)57)54(71-56)70-47-46(36-67-73(55(4,5)6,44-22-16-12-17-23-44)45-24-18-13-19-25-45)69-53(63-9)50(48(47)64-34-40-20-14-11-15-21-40)65-35-41-28-30-42(61-7)31-29-41;1-46(2,3)61(34-19-13-9-14-20-34,35-21-15-10-16-22-35)57-29-36-37(59-44-41-39(51-5)42(48)47(60-44,30-56-41)45(49)53-7)38(54-27-31-17-11-8-12-18-31)40(43(52-6)58-36)55-28-32-23-25-33(50-4)26-24-32;1-2-3;;/h10-33,46-54,58H,1,34-37H2,2-9H3;8-26,36-44,48H,27-30H2,1-7H3;3H,2H2,1H3;;1H2/q;;;+1;/p-1/t46?,47-,48-,49-,50?,51?,52+,53+,54-,56?;36?,37-,38-,39?,40?,41-,42+,43+,44-,47?;;;/m11.../s1. The van der Waals surface area contributed by atoms with E-state index in [1.54, 1.807) is 40.4 Å². The third-order valence-electron chi connectivity index (χ3n) is 25.2. The summed E-state index contributed by atoms with van der Waals surface area (Å²) >= 11 is 0. The molecule has 30 nitrogen and oxygen atoms in total. The van der Waals surface area contributed by atoms with Crippen molar-refractivity contribution in [2.24, 2.45) is 0 Å². The summed E-state index contributed by atoms with van der Waals surface area (Å²) in [5.74, 6) is -0.181. The summed E-state index contributed by atoms with van der Waals surface area (Å²) in [5.41, 5.74) is 0.310. The van der Waals surface area contributed by atoms with E-state index in [0.717, 1.165) is 48.6 Å². The molecule has 139 heavy (non-hydrogen) atoms. The zero-order chi connectivity index (χ0) is 98.3. The van der Waals surface area contributed by atoms with Gasteiger partial charge in [-0.1, -0.05) is 272 Å². The first kappa shape index (κ1) is 113. The van der Waals surface area contributed by atoms with Crippen molar-refractivity contribution >= 4 is 59.4 Å². The molecule has 6 aliphatic rings. The van der Waals surface area contributed by atoms with Crippen LogP contribution in [0.4, 0.5) is 0 Å². The third-order valence-corrected chi connectivity index (χ3v) is 36.5. The Morgan fingerprint density at radius 2 is 0.835 bits per heavy atom. The average Bonchev–Trinajstić information content (AvgIpc) is 0.734. The quantitative estimate of drug-likeness (QED) is 0.0141. The van der Waals surface area contributed by atoms with E-state index in [2.05, 4.69) is 96.7 Å². The molecule has 9 aromatic carbocycles. The number of aliphatic hydroxyl groups excluding tert-OH is 3. The number of esters is 2. The topological polar surface area (TPSA) is 362 Å². The van der Waals surface area contributed by atoms with Crippen molar-refractivity contribution in [3.8, 4) is 11.5 Å². The minimum absolute atomic E-state index is 0. The van der Waals surface area contributed by atoms with Crippen LogP contribution in [0, 0.1) is 6.92 Å². The molecule has 0 radical (unpaired) electrons. The number of rotatable bonds is 39. The van der Waals surface area contributed by atoms with Gasteiger partial charge in [-0.15, -0.1) is 6.58 Å². The maximum Gasteiger partial charge on any atom is 1.00 e. The summed E-state index contributed by atoms with van der Waals surface area (Å²) < 4.78 is 169. The Balaban J connectivity index is 0.000000279. The van der Waals surface area contributed by atoms with E-state index >= 15 is 0 Å². The summed E-state index contributed by atoms with van der Waals surface area (Å²) in [6.45, 7) is 21.4. The molecule has 6 heterocycles. The first-order chi connectivity index (χ1) is 65.9. The van der Waals surface area contributed by atoms with E-state index in [1.807, 2.05) is 189 Å². The number of hydrogen-bond acceptors (Lipinski definition) is 30. The second kappa shape index (κ2) is 51.8. The fourth-order valence-corrected chi connectivity index (χ4v) is 28.3. The van der Waals surface area contributed by atoms with Crippen LogP contribution in [-0.2, 0) is 140 Å². The minimum atomic E-state index is -4.43. The van der Waals surface area contributed by atoms with Crippen molar-refractivity contribution in [2.75, 3.05) is 82.8 Å². The maximum atomic E-state index is 13.7. The number of aliphatic hydroxyl groups is 3. The van der Waals surface area contributed by atoms with Gasteiger partial charge in [0.2, 0.25) is 5.60 Å². The predicted molar refractivity (Wildman–Crippen MR) is 517 cm³/mol. The van der Waals surface area contributed by atoms with Crippen molar-refractivity contribution in [3.63, 3.8) is 0 Å². The largest absolute Gasteiger partial charge is 1.00 e. The van der Waals surface area contributed by atoms with Crippen LogP contribution in [0.3, 0.4) is 0 Å². The fourth-order valence-electron chi connectivity index (χ4n) is 18.2. The summed E-state index contributed by atoms with van der Waals surface area (Å²) in [6, 6.07) is 81.3. The van der Waals surface area contributed by atoms with E-state index in [1.165, 1.54) is 53.6 Å². The molecule has 0 spiro atoms. The summed E-state index contributed by atoms with van der Waals surface area (Å²) in [4.78, 5) is 26.3. The van der Waals surface area contributed by atoms with Gasteiger partial charge in [-0.05, 0) is 103 Å². The summed E-state index contributed by atoms with van der Waals surface area (Å²) in [5, 5.41) is 34.5. The van der Waals surface area contributed by atoms with Crippen LogP contribution >= 0.6 is 0 Å². The average molecular weight is 1990 g/mol. The molecule has 748 valence electrons. The van der Waals surface area contributed by atoms with Crippen molar-refractivity contribution in [1.29, 1.82) is 0 Å². The SMILES string of the molecule is C=CC1(COS(=O)(=O)c2ccc(C)cc2)O[C@@H](O[C@@H]2C(CO[Si](c3ccccc3)(c3ccccc3)C(C)(C)C)O[C@H](OC)C(OCc3ccc(OC)cc3)[C@@H]2OCc2ccccc2)C(OC(C)=O)[C@@H](OC)[C@@H]1O.CCO.COC(=O)C12CO[C@H](C(OC)[C@@H]1O)[C@H](O[C@@H]1C(CO[Si](c3ccccc3)(c3ccccc3)C(C)(C)C)O[C@H](OC)C(OCc3ccc(OC)cc3)[C@@H]1OCc1ccccc1)O2.[Na+].[OH-]. The van der Waals surface area contributed by atoms with Gasteiger partial charge < -0.3 is 120 Å². The Morgan fingerprint density at radius 1 is 0.468 bits per heavy atom. The van der Waals surface area contributed by atoms with Gasteiger partial charge in [0, 0.05) is 42.0 Å². The van der Waals surface area contributed by atoms with Crippen molar-refractivity contribution in [1.82, 2.24) is 0 Å². The van der Waals surface area contributed by atoms with Gasteiger partial charge in [0.1, 0.15) is 103 Å². The smallest absolute Gasteiger partial charge is 0.870 e. The van der Waals surface area contributed by atoms with Crippen LogP contribution in [-0.4, -0.2) is 262 Å². The van der Waals surface area contributed by atoms with Crippen LogP contribution < -0.4 is 59.8 Å². The molecule has 6 fully saturated rings. The van der Waals surface area contributed by atoms with Gasteiger partial charge in [0.05, 0.1) is 72.5 Å². The number of methoxy groups -OCH3 is 7. The Hall–Kier alpha value is -8.24. The zero-order valence-electron chi connectivity index (χ0n) is 82.1. The Kier molecular flexibility index (Phi) is 42.0. The van der Waals surface area contributed by atoms with E-state index in [9.17, 15) is 28.2 Å². The molecule has 0 amide bonds. The van der Waals surface area contributed by atoms with Gasteiger partial charge in [-0.25, -0.2) is 4.79 Å². The van der Waals surface area contributed by atoms with Gasteiger partial charge in [-0.3, -0.25) is 8.98 Å². The number of benzene rings is 9. The molecular weight excluding hydrogens is 1850 g/mol. The first-order valence-corrected chi connectivity index (χ1v) is 50.9. The Morgan fingerprint density at radius 3 is 1.18 bits per heavy atom. The minimum Gasteiger partial charge on any atom is -0.870 e. The molecule has 34 heteroatoms. The molecular formula is C105H133NaO30SSi2. The van der Waals surface area contributed by atoms with E-state index in [0.29, 0.717) is 11.5 Å². The third kappa shape index (κ3) is 26.3. The Bertz CT molecular complexity index is 5220. The van der Waals surface area contributed by atoms with Crippen molar-refractivity contribution < 1.29 is 171 Å². The second-order valence-electron chi connectivity index (χ2n) is 36.0. The van der Waals surface area contributed by atoms with Gasteiger partial charge in [0.25, 0.3) is 26.8 Å². The van der Waals surface area contributed by atoms with E-state index < -0.39 is 172 Å². The van der Waals surface area contributed by atoms with Gasteiger partial charge in [0.15, 0.2) is 31.3 Å². The number of carbonyl (C=O) groups is 2. The second-order valence-corrected chi connectivity index (χ2v) is 46.2. The number of aryl methyl sites for hydroxylation is 1.